The van der Waals surface area contributed by atoms with Gasteiger partial charge in [0, 0.05) is 11.5 Å². The first kappa shape index (κ1) is 23.4. The second kappa shape index (κ2) is 10.4. The Morgan fingerprint density at radius 2 is 1.88 bits per heavy atom. The smallest absolute Gasteiger partial charge is 0.240 e. The first-order valence-corrected chi connectivity index (χ1v) is 11.2. The minimum atomic E-state index is -1.60. The Kier molecular flexibility index (Phi) is 7.60. The molecular weight excluding hydrogens is 430 g/mol. The van der Waals surface area contributed by atoms with E-state index in [0.717, 1.165) is 5.39 Å². The summed E-state index contributed by atoms with van der Waals surface area (Å²) >= 11 is 0. The van der Waals surface area contributed by atoms with Crippen molar-refractivity contribution in [1.29, 1.82) is 0 Å². The van der Waals surface area contributed by atoms with Crippen molar-refractivity contribution in [3.63, 3.8) is 0 Å². The average Bonchev–Trinajstić information content (AvgIpc) is 2.79. The molecule has 0 aliphatic heterocycles. The van der Waals surface area contributed by atoms with Gasteiger partial charge in [-0.25, -0.2) is 18.9 Å². The lowest BCUT2D eigenvalue weighted by molar-refractivity contribution is -0.119. The van der Waals surface area contributed by atoms with Crippen molar-refractivity contribution in [2.24, 2.45) is 11.7 Å². The molecule has 1 unspecified atom stereocenters. The fraction of sp³-hybridized carbons (Fsp3) is 0.318. The molecule has 32 heavy (non-hydrogen) atoms. The second-order valence-corrected chi connectivity index (χ2v) is 8.65. The van der Waals surface area contributed by atoms with Crippen LogP contribution in [0.5, 0.6) is 11.5 Å². The number of nitrogens with one attached hydrogen (secondary N) is 2. The van der Waals surface area contributed by atoms with Crippen LogP contribution in [0.3, 0.4) is 0 Å². The first-order chi connectivity index (χ1) is 15.3. The average molecular weight is 458 g/mol. The van der Waals surface area contributed by atoms with E-state index in [1.807, 2.05) is 38.1 Å². The van der Waals surface area contributed by atoms with Gasteiger partial charge in [0.05, 0.1) is 31.2 Å². The monoisotopic (exact) mass is 457 g/mol. The van der Waals surface area contributed by atoms with Gasteiger partial charge in [-0.05, 0) is 30.2 Å². The molecule has 0 aliphatic rings. The number of hydrogen-bond donors (Lipinski definition) is 3. The highest BCUT2D eigenvalue weighted by molar-refractivity contribution is 7.83. The molecule has 2 aromatic carbocycles. The Morgan fingerprint density at radius 1 is 1.12 bits per heavy atom. The van der Waals surface area contributed by atoms with Crippen LogP contribution in [-0.2, 0) is 22.3 Å². The zero-order chi connectivity index (χ0) is 23.3. The number of para-hydroxylation sites is 1. The lowest BCUT2D eigenvalue weighted by Crippen LogP contribution is -2.40. The maximum absolute atomic E-state index is 12.9. The zero-order valence-corrected chi connectivity index (χ0v) is 19.2. The highest BCUT2D eigenvalue weighted by atomic mass is 32.2. The molecule has 3 rings (SSSR count). The van der Waals surface area contributed by atoms with Gasteiger partial charge < -0.3 is 20.5 Å². The van der Waals surface area contributed by atoms with E-state index in [1.54, 1.807) is 18.2 Å². The van der Waals surface area contributed by atoms with E-state index in [4.69, 9.17) is 15.2 Å². The maximum Gasteiger partial charge on any atom is 0.240 e. The van der Waals surface area contributed by atoms with Crippen LogP contribution in [-0.4, -0.2) is 40.3 Å². The number of aromatic nitrogens is 2. The third-order valence-corrected chi connectivity index (χ3v) is 5.97. The maximum atomic E-state index is 12.9. The number of carbonyl (C=O) groups is 1. The summed E-state index contributed by atoms with van der Waals surface area (Å²) in [5.74, 6) is 1.45. The molecule has 0 bridgehead atoms. The van der Waals surface area contributed by atoms with E-state index in [0.29, 0.717) is 33.6 Å². The number of carbonyl (C=O) groups excluding carboxylic acids is 1. The number of primary amides is 1. The molecule has 0 spiro atoms. The third-order valence-electron chi connectivity index (χ3n) is 4.85. The molecule has 0 radical (unpaired) electrons. The van der Waals surface area contributed by atoms with E-state index < -0.39 is 22.9 Å². The molecule has 1 aromatic heterocycles. The molecule has 3 aromatic rings. The molecule has 1 amide bonds. The van der Waals surface area contributed by atoms with Crippen molar-refractivity contribution in [3.05, 3.63) is 48.3 Å². The Balaban J connectivity index is 1.88. The quantitative estimate of drug-likeness (QED) is 0.426. The predicted molar refractivity (Wildman–Crippen MR) is 124 cm³/mol. The van der Waals surface area contributed by atoms with Gasteiger partial charge in [-0.15, -0.1) is 0 Å². The molecule has 2 atom stereocenters. The number of nitrogens with two attached hydrogens (primary N) is 1. The van der Waals surface area contributed by atoms with Crippen molar-refractivity contribution in [3.8, 4) is 11.5 Å². The second-order valence-electron chi connectivity index (χ2n) is 7.38. The van der Waals surface area contributed by atoms with E-state index in [9.17, 15) is 9.00 Å². The van der Waals surface area contributed by atoms with Crippen LogP contribution in [0.15, 0.2) is 47.4 Å². The van der Waals surface area contributed by atoms with Crippen molar-refractivity contribution >= 4 is 33.6 Å². The summed E-state index contributed by atoms with van der Waals surface area (Å²) in [5.41, 5.74) is 6.25. The predicted octanol–water partition coefficient (Wildman–Crippen LogP) is 2.38. The van der Waals surface area contributed by atoms with Gasteiger partial charge in [-0.1, -0.05) is 26.0 Å². The minimum Gasteiger partial charge on any atom is -0.497 e. The van der Waals surface area contributed by atoms with Crippen molar-refractivity contribution in [1.82, 2.24) is 14.7 Å². The summed E-state index contributed by atoms with van der Waals surface area (Å²) in [6, 6.07) is 11.9. The lowest BCUT2D eigenvalue weighted by atomic mass is 10.0. The lowest BCUT2D eigenvalue weighted by Gasteiger charge is -2.21. The highest BCUT2D eigenvalue weighted by Crippen LogP contribution is 2.27. The number of ether oxygens (including phenoxy) is 2. The van der Waals surface area contributed by atoms with Gasteiger partial charge in [0.25, 0.3) is 0 Å². The van der Waals surface area contributed by atoms with Crippen molar-refractivity contribution < 1.29 is 18.5 Å². The largest absolute Gasteiger partial charge is 0.497 e. The summed E-state index contributed by atoms with van der Waals surface area (Å²) in [5, 5.41) is 3.91. The molecule has 170 valence electrons. The molecule has 0 saturated heterocycles. The van der Waals surface area contributed by atoms with Gasteiger partial charge in [-0.2, -0.15) is 0 Å². The van der Waals surface area contributed by atoms with E-state index in [-0.39, 0.29) is 12.5 Å². The number of anilines is 1. The number of rotatable bonds is 10. The Bertz CT molecular complexity index is 1140. The normalized spacial score (nSPS) is 13.0. The van der Waals surface area contributed by atoms with E-state index in [1.165, 1.54) is 14.2 Å². The van der Waals surface area contributed by atoms with Crippen molar-refractivity contribution in [2.75, 3.05) is 19.5 Å². The zero-order valence-electron chi connectivity index (χ0n) is 18.4. The molecule has 0 saturated carbocycles. The van der Waals surface area contributed by atoms with Crippen LogP contribution in [0.4, 0.5) is 5.82 Å². The first-order valence-electron chi connectivity index (χ1n) is 10.0. The van der Waals surface area contributed by atoms with Gasteiger partial charge in [0.15, 0.2) is 0 Å². The van der Waals surface area contributed by atoms with Crippen LogP contribution >= 0.6 is 0 Å². The van der Waals surface area contributed by atoms with Crippen LogP contribution in [0.25, 0.3) is 10.9 Å². The van der Waals surface area contributed by atoms with Gasteiger partial charge in [0.2, 0.25) is 5.91 Å². The molecule has 0 aliphatic carbocycles. The summed E-state index contributed by atoms with van der Waals surface area (Å²) in [6.07, 6.45) is 0. The Morgan fingerprint density at radius 3 is 2.53 bits per heavy atom. The van der Waals surface area contributed by atoms with Crippen molar-refractivity contribution in [2.45, 2.75) is 31.3 Å². The summed E-state index contributed by atoms with van der Waals surface area (Å²) in [6.45, 7) is 3.92. The van der Waals surface area contributed by atoms with Crippen LogP contribution in [0, 0.1) is 5.92 Å². The molecule has 10 heteroatoms. The molecule has 4 N–H and O–H groups in total. The topological polar surface area (TPSA) is 128 Å². The van der Waals surface area contributed by atoms with Crippen LogP contribution in [0.2, 0.25) is 0 Å². The fourth-order valence-corrected chi connectivity index (χ4v) is 4.14. The number of hydrogen-bond acceptors (Lipinski definition) is 7. The van der Waals surface area contributed by atoms with E-state index >= 15 is 0 Å². The van der Waals surface area contributed by atoms with Gasteiger partial charge in [0.1, 0.15) is 40.2 Å². The number of methoxy groups -OCH3 is 2. The van der Waals surface area contributed by atoms with Gasteiger partial charge >= 0.3 is 0 Å². The SMILES string of the molecule is COc1ccc(OC)c(S(=O)NCc2nc(N[C@H](C(N)=O)C(C)C)c3ccccc3n2)c1. The molecule has 9 nitrogen and oxygen atoms in total. The standard InChI is InChI=1S/C22H27N5O4S/c1-13(2)20(21(23)28)27-22-15-7-5-6-8-16(15)25-19(26-22)12-24-32(29)18-11-14(30-3)9-10-17(18)31-4/h5-11,13,20,24H,12H2,1-4H3,(H2,23,28)(H,25,26,27)/t20-,32?/m0/s1. The highest BCUT2D eigenvalue weighted by Gasteiger charge is 2.21. The van der Waals surface area contributed by atoms with Gasteiger partial charge in [-0.3, -0.25) is 4.79 Å². The number of benzene rings is 2. The van der Waals surface area contributed by atoms with Crippen LogP contribution < -0.4 is 25.2 Å². The number of nitrogens with zero attached hydrogens (tertiary/aromatic N) is 2. The summed E-state index contributed by atoms with van der Waals surface area (Å²) < 4.78 is 26.4. The molecule has 1 heterocycles. The van der Waals surface area contributed by atoms with E-state index in [2.05, 4.69) is 20.0 Å². The Labute approximate surface area is 189 Å². The number of amides is 1. The molecular formula is C22H27N5O4S. The van der Waals surface area contributed by atoms with Crippen LogP contribution in [0.1, 0.15) is 19.7 Å². The fourth-order valence-electron chi connectivity index (χ4n) is 3.16. The summed E-state index contributed by atoms with van der Waals surface area (Å²) in [4.78, 5) is 21.5. The summed E-state index contributed by atoms with van der Waals surface area (Å²) in [7, 11) is 1.45. The third kappa shape index (κ3) is 5.32. The Hall–Kier alpha value is -3.24. The minimum absolute atomic E-state index is 0.0316. The molecule has 0 fully saturated rings. The number of fused-ring (bicyclic) bond motifs is 1.